The van der Waals surface area contributed by atoms with Crippen LogP contribution in [0.2, 0.25) is 0 Å². The Hall–Kier alpha value is -1.97. The van der Waals surface area contributed by atoms with Crippen molar-refractivity contribution in [1.82, 2.24) is 14.9 Å². The fourth-order valence-electron chi connectivity index (χ4n) is 3.00. The number of carbonyl (C=O) groups is 2. The molecule has 0 radical (unpaired) electrons. The molecule has 0 spiro atoms. The smallest absolute Gasteiger partial charge is 0.251 e. The normalized spacial score (nSPS) is 21.7. The van der Waals surface area contributed by atoms with Crippen LogP contribution in [0.5, 0.6) is 0 Å². The monoisotopic (exact) mass is 411 g/mol. The maximum Gasteiger partial charge on any atom is 0.251 e. The minimum atomic E-state index is -3.66. The highest BCUT2D eigenvalue weighted by Gasteiger charge is 2.32. The summed E-state index contributed by atoms with van der Waals surface area (Å²) in [5.74, 6) is -0.693. The Morgan fingerprint density at radius 1 is 1.18 bits per heavy atom. The standard InChI is InChI=1S/C19H29N3O5S/c1-5-10-20-18(23)15(4)21-19(24)16-6-8-17(9-7-16)28(25,26)22-11-13(2)27-14(3)12-22/h6-9,13-15H,5,10-12H2,1-4H3,(H,20,23)(H,21,24)/t13-,14-,15+/m1/s1. The van der Waals surface area contributed by atoms with Crippen LogP contribution in [0.15, 0.2) is 29.2 Å². The fraction of sp³-hybridized carbons (Fsp3) is 0.579. The number of rotatable bonds is 7. The third-order valence-corrected chi connectivity index (χ3v) is 6.28. The highest BCUT2D eigenvalue weighted by atomic mass is 32.2. The maximum absolute atomic E-state index is 12.8. The van der Waals surface area contributed by atoms with E-state index in [0.29, 0.717) is 19.6 Å². The highest BCUT2D eigenvalue weighted by molar-refractivity contribution is 7.89. The molecule has 0 aliphatic carbocycles. The molecule has 156 valence electrons. The summed E-state index contributed by atoms with van der Waals surface area (Å²) in [4.78, 5) is 24.3. The van der Waals surface area contributed by atoms with Crippen LogP contribution in [0.25, 0.3) is 0 Å². The molecule has 1 aromatic carbocycles. The van der Waals surface area contributed by atoms with E-state index < -0.39 is 22.0 Å². The van der Waals surface area contributed by atoms with Gasteiger partial charge < -0.3 is 15.4 Å². The van der Waals surface area contributed by atoms with Gasteiger partial charge in [-0.1, -0.05) is 6.92 Å². The van der Waals surface area contributed by atoms with Crippen LogP contribution >= 0.6 is 0 Å². The Balaban J connectivity index is 2.06. The zero-order valence-corrected chi connectivity index (χ0v) is 17.6. The predicted octanol–water partition coefficient (Wildman–Crippen LogP) is 1.13. The Bertz CT molecular complexity index is 784. The molecule has 3 atom stereocenters. The molecule has 1 aliphatic rings. The zero-order chi connectivity index (χ0) is 20.9. The summed E-state index contributed by atoms with van der Waals surface area (Å²) in [6.07, 6.45) is 0.455. The molecule has 0 saturated carbocycles. The number of sulfonamides is 1. The van der Waals surface area contributed by atoms with Crippen molar-refractivity contribution in [2.45, 2.75) is 57.3 Å². The molecule has 2 amide bonds. The van der Waals surface area contributed by atoms with Crippen molar-refractivity contribution in [1.29, 1.82) is 0 Å². The number of hydrogen-bond donors (Lipinski definition) is 2. The molecule has 1 aliphatic heterocycles. The van der Waals surface area contributed by atoms with Gasteiger partial charge in [-0.2, -0.15) is 4.31 Å². The van der Waals surface area contributed by atoms with Crippen molar-refractivity contribution in [3.63, 3.8) is 0 Å². The predicted molar refractivity (Wildman–Crippen MR) is 105 cm³/mol. The van der Waals surface area contributed by atoms with E-state index in [9.17, 15) is 18.0 Å². The summed E-state index contributed by atoms with van der Waals surface area (Å²) < 4.78 is 32.7. The van der Waals surface area contributed by atoms with Crippen molar-refractivity contribution in [3.8, 4) is 0 Å². The lowest BCUT2D eigenvalue weighted by Crippen LogP contribution is -2.48. The van der Waals surface area contributed by atoms with Gasteiger partial charge in [-0.05, 0) is 51.5 Å². The molecule has 28 heavy (non-hydrogen) atoms. The first-order valence-corrected chi connectivity index (χ1v) is 10.9. The second-order valence-electron chi connectivity index (χ2n) is 7.09. The average Bonchev–Trinajstić information content (AvgIpc) is 2.65. The highest BCUT2D eigenvalue weighted by Crippen LogP contribution is 2.21. The van der Waals surface area contributed by atoms with Gasteiger partial charge in [0.2, 0.25) is 15.9 Å². The number of ether oxygens (including phenoxy) is 1. The van der Waals surface area contributed by atoms with Crippen molar-refractivity contribution in [2.75, 3.05) is 19.6 Å². The van der Waals surface area contributed by atoms with E-state index in [1.165, 1.54) is 28.6 Å². The number of nitrogens with one attached hydrogen (secondary N) is 2. The second-order valence-corrected chi connectivity index (χ2v) is 9.03. The van der Waals surface area contributed by atoms with Gasteiger partial charge in [0.25, 0.3) is 5.91 Å². The maximum atomic E-state index is 12.8. The fourth-order valence-corrected chi connectivity index (χ4v) is 4.59. The molecule has 2 N–H and O–H groups in total. The van der Waals surface area contributed by atoms with E-state index >= 15 is 0 Å². The summed E-state index contributed by atoms with van der Waals surface area (Å²) in [6.45, 7) is 8.34. The topological polar surface area (TPSA) is 105 Å². The quantitative estimate of drug-likeness (QED) is 0.700. The summed E-state index contributed by atoms with van der Waals surface area (Å²) >= 11 is 0. The van der Waals surface area contributed by atoms with Crippen LogP contribution in [0, 0.1) is 0 Å². The molecule has 1 heterocycles. The number of morpholine rings is 1. The number of benzene rings is 1. The Morgan fingerprint density at radius 2 is 1.75 bits per heavy atom. The zero-order valence-electron chi connectivity index (χ0n) is 16.8. The summed E-state index contributed by atoms with van der Waals surface area (Å²) in [5.41, 5.74) is 0.290. The minimum Gasteiger partial charge on any atom is -0.373 e. The number of carbonyl (C=O) groups excluding carboxylic acids is 2. The molecule has 8 nitrogen and oxygen atoms in total. The van der Waals surface area contributed by atoms with Crippen LogP contribution in [0.3, 0.4) is 0 Å². The van der Waals surface area contributed by atoms with Crippen molar-refractivity contribution < 1.29 is 22.7 Å². The second kappa shape index (κ2) is 9.49. The van der Waals surface area contributed by atoms with Gasteiger partial charge in [-0.3, -0.25) is 9.59 Å². The number of nitrogens with zero attached hydrogens (tertiary/aromatic N) is 1. The van der Waals surface area contributed by atoms with E-state index in [0.717, 1.165) is 6.42 Å². The van der Waals surface area contributed by atoms with Gasteiger partial charge >= 0.3 is 0 Å². The molecule has 0 aromatic heterocycles. The number of hydrogen-bond acceptors (Lipinski definition) is 5. The van der Waals surface area contributed by atoms with Gasteiger partial charge in [-0.25, -0.2) is 8.42 Å². The molecular formula is C19H29N3O5S. The van der Waals surface area contributed by atoms with E-state index in [-0.39, 0.29) is 28.6 Å². The Morgan fingerprint density at radius 3 is 2.29 bits per heavy atom. The van der Waals surface area contributed by atoms with Crippen molar-refractivity contribution in [2.24, 2.45) is 0 Å². The summed E-state index contributed by atoms with van der Waals surface area (Å²) in [5, 5.41) is 5.32. The molecule has 2 rings (SSSR count). The summed E-state index contributed by atoms with van der Waals surface area (Å²) in [7, 11) is -3.66. The van der Waals surface area contributed by atoms with E-state index in [4.69, 9.17) is 4.74 Å². The Kier molecular flexibility index (Phi) is 7.56. The molecule has 9 heteroatoms. The van der Waals surface area contributed by atoms with E-state index in [1.807, 2.05) is 20.8 Å². The third-order valence-electron chi connectivity index (χ3n) is 4.43. The average molecular weight is 412 g/mol. The molecule has 1 saturated heterocycles. The van der Waals surface area contributed by atoms with Gasteiger partial charge in [-0.15, -0.1) is 0 Å². The van der Waals surface area contributed by atoms with Gasteiger partial charge in [0.1, 0.15) is 6.04 Å². The van der Waals surface area contributed by atoms with Crippen LogP contribution in [0.1, 0.15) is 44.5 Å². The van der Waals surface area contributed by atoms with Crippen molar-refractivity contribution in [3.05, 3.63) is 29.8 Å². The third kappa shape index (κ3) is 5.52. The lowest BCUT2D eigenvalue weighted by molar-refractivity contribution is -0.122. The van der Waals surface area contributed by atoms with Gasteiger partial charge in [0, 0.05) is 25.2 Å². The van der Waals surface area contributed by atoms with Crippen molar-refractivity contribution >= 4 is 21.8 Å². The first-order valence-electron chi connectivity index (χ1n) is 9.49. The number of amides is 2. The lowest BCUT2D eigenvalue weighted by atomic mass is 10.2. The molecule has 1 fully saturated rings. The summed E-state index contributed by atoms with van der Waals surface area (Å²) in [6, 6.07) is 5.05. The molecule has 1 aromatic rings. The first-order chi connectivity index (χ1) is 13.1. The van der Waals surface area contributed by atoms with Gasteiger partial charge in [0.05, 0.1) is 17.1 Å². The largest absolute Gasteiger partial charge is 0.373 e. The SMILES string of the molecule is CCCNC(=O)[C@H](C)NC(=O)c1ccc(S(=O)(=O)N2C[C@@H](C)O[C@H](C)C2)cc1. The van der Waals surface area contributed by atoms with Crippen LogP contribution in [-0.2, 0) is 19.6 Å². The first kappa shape index (κ1) is 22.3. The molecular weight excluding hydrogens is 382 g/mol. The lowest BCUT2D eigenvalue weighted by Gasteiger charge is -2.34. The van der Waals surface area contributed by atoms with Crippen LogP contribution in [-0.4, -0.2) is 62.4 Å². The van der Waals surface area contributed by atoms with Gasteiger partial charge in [0.15, 0.2) is 0 Å². The Labute approximate surface area is 166 Å². The van der Waals surface area contributed by atoms with Crippen LogP contribution < -0.4 is 10.6 Å². The molecule has 0 unspecified atom stereocenters. The van der Waals surface area contributed by atoms with E-state index in [1.54, 1.807) is 6.92 Å². The minimum absolute atomic E-state index is 0.124. The molecule has 0 bridgehead atoms. The van der Waals surface area contributed by atoms with Crippen LogP contribution in [0.4, 0.5) is 0 Å². The van der Waals surface area contributed by atoms with E-state index in [2.05, 4.69) is 10.6 Å².